The van der Waals surface area contributed by atoms with Crippen molar-refractivity contribution < 1.29 is 0 Å². The van der Waals surface area contributed by atoms with Crippen molar-refractivity contribution in [1.82, 2.24) is 9.55 Å². The summed E-state index contributed by atoms with van der Waals surface area (Å²) in [5.41, 5.74) is 7.36. The van der Waals surface area contributed by atoms with E-state index in [0.717, 1.165) is 55.5 Å². The van der Waals surface area contributed by atoms with Gasteiger partial charge in [0, 0.05) is 28.1 Å². The highest BCUT2D eigenvalue weighted by atomic mass is 16.1. The largest absolute Gasteiger partial charge is 0.273 e. The first-order valence-corrected chi connectivity index (χ1v) is 13.0. The lowest BCUT2D eigenvalue weighted by Gasteiger charge is -2.23. The van der Waals surface area contributed by atoms with E-state index in [1.807, 2.05) is 89.5 Å². The van der Waals surface area contributed by atoms with Gasteiger partial charge in [0.15, 0.2) is 0 Å². The molecule has 5 aromatic carbocycles. The second-order valence-electron chi connectivity index (χ2n) is 9.54. The smallest absolute Gasteiger partial charge is 0.263 e. The third kappa shape index (κ3) is 3.84. The Kier molecular flexibility index (Phi) is 5.60. The van der Waals surface area contributed by atoms with Gasteiger partial charge >= 0.3 is 0 Å². The van der Waals surface area contributed by atoms with Gasteiger partial charge in [-0.3, -0.25) is 14.3 Å². The van der Waals surface area contributed by atoms with Gasteiger partial charge in [-0.15, -0.1) is 0 Å². The molecular formula is C36H24N2O. The molecule has 0 aliphatic heterocycles. The average Bonchev–Trinajstić information content (AvgIpc) is 3.02. The van der Waals surface area contributed by atoms with Crippen LogP contribution < -0.4 is 5.56 Å². The minimum Gasteiger partial charge on any atom is -0.273 e. The predicted octanol–water partition coefficient (Wildman–Crippen LogP) is 8.54. The molecule has 0 atom stereocenters. The van der Waals surface area contributed by atoms with E-state index in [0.29, 0.717) is 5.39 Å². The summed E-state index contributed by atoms with van der Waals surface area (Å²) in [7, 11) is 0. The Bertz CT molecular complexity index is 2010. The molecule has 0 bridgehead atoms. The normalized spacial score (nSPS) is 11.2. The minimum atomic E-state index is -0.0699. The van der Waals surface area contributed by atoms with Gasteiger partial charge in [0.05, 0.1) is 16.9 Å². The van der Waals surface area contributed by atoms with Crippen molar-refractivity contribution in [2.75, 3.05) is 0 Å². The molecule has 0 aliphatic rings. The standard InChI is InChI=1S/C36H24N2O/c39-36-31-21-11-10-20-30(31)32(26-15-6-2-7-16-26)34(28-17-8-3-9-18-28)38(36)35-29(25-13-4-1-5-14-25)23-22-27-19-12-24-37-33(27)35/h1-24H. The summed E-state index contributed by atoms with van der Waals surface area (Å²) in [4.78, 5) is 19.5. The number of aromatic nitrogens is 2. The van der Waals surface area contributed by atoms with Crippen molar-refractivity contribution in [3.63, 3.8) is 0 Å². The van der Waals surface area contributed by atoms with Crippen molar-refractivity contribution >= 4 is 21.7 Å². The Hall–Kier alpha value is -5.28. The molecule has 2 aromatic heterocycles. The summed E-state index contributed by atoms with van der Waals surface area (Å²) in [6.07, 6.45) is 1.80. The number of hydrogen-bond donors (Lipinski definition) is 0. The van der Waals surface area contributed by atoms with Gasteiger partial charge in [0.2, 0.25) is 0 Å². The van der Waals surface area contributed by atoms with Gasteiger partial charge in [0.25, 0.3) is 5.56 Å². The molecule has 2 heterocycles. The molecule has 0 N–H and O–H groups in total. The Morgan fingerprint density at radius 2 is 1.10 bits per heavy atom. The summed E-state index contributed by atoms with van der Waals surface area (Å²) in [5, 5.41) is 2.58. The zero-order valence-corrected chi connectivity index (χ0v) is 21.2. The van der Waals surface area contributed by atoms with Crippen LogP contribution in [0.3, 0.4) is 0 Å². The monoisotopic (exact) mass is 500 g/mol. The number of rotatable bonds is 4. The molecule has 0 fully saturated rings. The van der Waals surface area contributed by atoms with E-state index in [-0.39, 0.29) is 5.56 Å². The first kappa shape index (κ1) is 22.9. The highest BCUT2D eigenvalue weighted by Gasteiger charge is 2.24. The van der Waals surface area contributed by atoms with Crippen LogP contribution in [0, 0.1) is 0 Å². The van der Waals surface area contributed by atoms with Gasteiger partial charge in [-0.25, -0.2) is 0 Å². The molecule has 3 heteroatoms. The van der Waals surface area contributed by atoms with Crippen LogP contribution in [-0.2, 0) is 0 Å². The number of benzene rings is 5. The Morgan fingerprint density at radius 1 is 0.513 bits per heavy atom. The topological polar surface area (TPSA) is 34.9 Å². The van der Waals surface area contributed by atoms with Crippen LogP contribution in [0.5, 0.6) is 0 Å². The molecule has 0 unspecified atom stereocenters. The van der Waals surface area contributed by atoms with Crippen molar-refractivity contribution in [3.8, 4) is 39.2 Å². The van der Waals surface area contributed by atoms with Crippen molar-refractivity contribution in [2.24, 2.45) is 0 Å². The number of pyridine rings is 2. The molecule has 0 radical (unpaired) electrons. The molecule has 0 saturated carbocycles. The summed E-state index contributed by atoms with van der Waals surface area (Å²) in [5.74, 6) is 0. The Balaban J connectivity index is 1.76. The van der Waals surface area contributed by atoms with Crippen LogP contribution in [0.25, 0.3) is 60.9 Å². The maximum atomic E-state index is 14.7. The van der Waals surface area contributed by atoms with E-state index in [1.54, 1.807) is 6.20 Å². The highest BCUT2D eigenvalue weighted by molar-refractivity contribution is 6.05. The van der Waals surface area contributed by atoms with E-state index in [9.17, 15) is 4.79 Å². The van der Waals surface area contributed by atoms with E-state index in [4.69, 9.17) is 4.98 Å². The third-order valence-electron chi connectivity index (χ3n) is 7.26. The van der Waals surface area contributed by atoms with Crippen LogP contribution in [0.4, 0.5) is 0 Å². The van der Waals surface area contributed by atoms with Gasteiger partial charge in [-0.2, -0.15) is 0 Å². The molecule has 0 saturated heterocycles. The second-order valence-corrected chi connectivity index (χ2v) is 9.54. The lowest BCUT2D eigenvalue weighted by Crippen LogP contribution is -2.23. The molecule has 7 aromatic rings. The number of hydrogen-bond acceptors (Lipinski definition) is 2. The van der Waals surface area contributed by atoms with Crippen molar-refractivity contribution in [3.05, 3.63) is 156 Å². The van der Waals surface area contributed by atoms with Gasteiger partial charge < -0.3 is 0 Å². The predicted molar refractivity (Wildman–Crippen MR) is 161 cm³/mol. The molecule has 3 nitrogen and oxygen atoms in total. The molecule has 39 heavy (non-hydrogen) atoms. The summed E-state index contributed by atoms with van der Waals surface area (Å²) in [6.45, 7) is 0. The molecular weight excluding hydrogens is 476 g/mol. The lowest BCUT2D eigenvalue weighted by molar-refractivity contribution is 1.03. The lowest BCUT2D eigenvalue weighted by atomic mass is 9.92. The van der Waals surface area contributed by atoms with E-state index < -0.39 is 0 Å². The Labute approximate surface area is 226 Å². The number of nitrogens with zero attached hydrogens (tertiary/aromatic N) is 2. The van der Waals surface area contributed by atoms with Crippen LogP contribution in [-0.4, -0.2) is 9.55 Å². The fourth-order valence-electron chi connectivity index (χ4n) is 5.54. The molecule has 184 valence electrons. The van der Waals surface area contributed by atoms with Gasteiger partial charge in [-0.1, -0.05) is 127 Å². The van der Waals surface area contributed by atoms with Crippen LogP contribution in [0.1, 0.15) is 0 Å². The Morgan fingerprint density at radius 3 is 1.79 bits per heavy atom. The van der Waals surface area contributed by atoms with Gasteiger partial charge in [0.1, 0.15) is 0 Å². The van der Waals surface area contributed by atoms with Gasteiger partial charge in [-0.05, 0) is 34.2 Å². The summed E-state index contributed by atoms with van der Waals surface area (Å²) >= 11 is 0. The zero-order chi connectivity index (χ0) is 26.2. The highest BCUT2D eigenvalue weighted by Crippen LogP contribution is 2.41. The van der Waals surface area contributed by atoms with Crippen LogP contribution >= 0.6 is 0 Å². The van der Waals surface area contributed by atoms with E-state index in [1.165, 1.54) is 0 Å². The zero-order valence-electron chi connectivity index (χ0n) is 21.2. The second kappa shape index (κ2) is 9.55. The maximum Gasteiger partial charge on any atom is 0.263 e. The third-order valence-corrected chi connectivity index (χ3v) is 7.26. The number of fused-ring (bicyclic) bond motifs is 2. The molecule has 0 spiro atoms. The average molecular weight is 501 g/mol. The first-order chi connectivity index (χ1) is 19.3. The van der Waals surface area contributed by atoms with Crippen molar-refractivity contribution in [1.29, 1.82) is 0 Å². The van der Waals surface area contributed by atoms with Crippen molar-refractivity contribution in [2.45, 2.75) is 0 Å². The molecule has 7 rings (SSSR count). The van der Waals surface area contributed by atoms with E-state index in [2.05, 4.69) is 54.6 Å². The minimum absolute atomic E-state index is 0.0699. The first-order valence-electron chi connectivity index (χ1n) is 13.0. The maximum absolute atomic E-state index is 14.7. The molecule has 0 amide bonds. The van der Waals surface area contributed by atoms with E-state index >= 15 is 0 Å². The fraction of sp³-hybridized carbons (Fsp3) is 0. The summed E-state index contributed by atoms with van der Waals surface area (Å²) < 4.78 is 1.90. The van der Waals surface area contributed by atoms with Crippen LogP contribution in [0.15, 0.2) is 151 Å². The quantitative estimate of drug-likeness (QED) is 0.243. The summed E-state index contributed by atoms with van der Waals surface area (Å²) in [6, 6.07) is 46.9. The SMILES string of the molecule is O=c1c2ccccc2c(-c2ccccc2)c(-c2ccccc2)n1-c1c(-c2ccccc2)ccc2cccnc12. The van der Waals surface area contributed by atoms with Crippen LogP contribution in [0.2, 0.25) is 0 Å². The molecule has 0 aliphatic carbocycles. The fourth-order valence-corrected chi connectivity index (χ4v) is 5.54.